The molecule has 0 saturated heterocycles. The van der Waals surface area contributed by atoms with Gasteiger partial charge in [-0.1, -0.05) is 48.0 Å². The first-order valence-electron chi connectivity index (χ1n) is 8.92. The Morgan fingerprint density at radius 1 is 1.08 bits per heavy atom. The van der Waals surface area contributed by atoms with Crippen LogP contribution in [0.1, 0.15) is 40.7 Å². The summed E-state index contributed by atoms with van der Waals surface area (Å²) in [6, 6.07) is 18.2. The van der Waals surface area contributed by atoms with E-state index in [1.54, 1.807) is 6.92 Å². The average Bonchev–Trinajstić information content (AvgIpc) is 3.03. The highest BCUT2D eigenvalue weighted by atomic mass is 16.4. The second kappa shape index (κ2) is 8.00. The highest BCUT2D eigenvalue weighted by Crippen LogP contribution is 2.22. The van der Waals surface area contributed by atoms with E-state index in [1.165, 1.54) is 11.1 Å². The van der Waals surface area contributed by atoms with Crippen LogP contribution in [0.3, 0.4) is 0 Å². The normalized spacial score (nSPS) is 12.0. The molecule has 1 heterocycles. The number of amides is 1. The number of hydrogen-bond donors (Lipinski definition) is 1. The minimum Gasteiger partial charge on any atom is -0.441 e. The predicted molar refractivity (Wildman–Crippen MR) is 103 cm³/mol. The molecule has 3 rings (SSSR count). The van der Waals surface area contributed by atoms with Gasteiger partial charge in [-0.25, -0.2) is 4.98 Å². The largest absolute Gasteiger partial charge is 0.441 e. The maximum Gasteiger partial charge on any atom is 0.273 e. The van der Waals surface area contributed by atoms with Gasteiger partial charge < -0.3 is 9.73 Å². The number of aryl methyl sites for hydroxylation is 3. The molecule has 1 N–H and O–H groups in total. The van der Waals surface area contributed by atoms with Crippen molar-refractivity contribution >= 4 is 5.91 Å². The maximum atomic E-state index is 12.6. The molecule has 1 unspecified atom stereocenters. The topological polar surface area (TPSA) is 55.1 Å². The van der Waals surface area contributed by atoms with Gasteiger partial charge in [0.25, 0.3) is 5.91 Å². The number of rotatable bonds is 6. The predicted octanol–water partition coefficient (Wildman–Crippen LogP) is 4.71. The van der Waals surface area contributed by atoms with Gasteiger partial charge in [0.15, 0.2) is 5.69 Å². The lowest BCUT2D eigenvalue weighted by atomic mass is 10.1. The molecule has 26 heavy (non-hydrogen) atoms. The van der Waals surface area contributed by atoms with Crippen molar-refractivity contribution in [3.05, 3.63) is 77.2 Å². The number of nitrogens with zero attached hydrogens (tertiary/aromatic N) is 1. The summed E-state index contributed by atoms with van der Waals surface area (Å²) >= 11 is 0. The quantitative estimate of drug-likeness (QED) is 0.702. The van der Waals surface area contributed by atoms with Crippen molar-refractivity contribution in [1.82, 2.24) is 10.3 Å². The highest BCUT2D eigenvalue weighted by molar-refractivity contribution is 5.93. The van der Waals surface area contributed by atoms with E-state index in [0.717, 1.165) is 18.4 Å². The number of carbonyl (C=O) groups is 1. The van der Waals surface area contributed by atoms with Crippen LogP contribution in [0.5, 0.6) is 0 Å². The molecular formula is C22H24N2O2. The van der Waals surface area contributed by atoms with Crippen molar-refractivity contribution in [2.45, 2.75) is 39.7 Å². The lowest BCUT2D eigenvalue weighted by Crippen LogP contribution is -2.33. The van der Waals surface area contributed by atoms with Crippen molar-refractivity contribution in [3.8, 4) is 11.5 Å². The summed E-state index contributed by atoms with van der Waals surface area (Å²) in [4.78, 5) is 17.0. The fourth-order valence-electron chi connectivity index (χ4n) is 2.82. The van der Waals surface area contributed by atoms with Crippen LogP contribution < -0.4 is 5.32 Å². The summed E-state index contributed by atoms with van der Waals surface area (Å²) in [7, 11) is 0. The zero-order chi connectivity index (χ0) is 18.5. The fraction of sp³-hybridized carbons (Fsp3) is 0.273. The van der Waals surface area contributed by atoms with Crippen LogP contribution in [0, 0.1) is 13.8 Å². The van der Waals surface area contributed by atoms with Crippen LogP contribution in [0.15, 0.2) is 59.0 Å². The number of benzene rings is 2. The summed E-state index contributed by atoms with van der Waals surface area (Å²) in [5.74, 6) is 0.822. The molecule has 0 aliphatic rings. The van der Waals surface area contributed by atoms with E-state index < -0.39 is 0 Å². The Kier molecular flexibility index (Phi) is 5.52. The van der Waals surface area contributed by atoms with Gasteiger partial charge in [0.1, 0.15) is 5.76 Å². The molecule has 0 spiro atoms. The van der Waals surface area contributed by atoms with Gasteiger partial charge in [0, 0.05) is 11.6 Å². The van der Waals surface area contributed by atoms with E-state index in [1.807, 2.05) is 56.3 Å². The number of carbonyl (C=O) groups excluding carboxylic acids is 1. The van der Waals surface area contributed by atoms with Crippen molar-refractivity contribution in [2.24, 2.45) is 0 Å². The van der Waals surface area contributed by atoms with Gasteiger partial charge in [0.2, 0.25) is 5.89 Å². The lowest BCUT2D eigenvalue weighted by Gasteiger charge is -2.13. The minimum atomic E-state index is -0.190. The molecule has 0 aliphatic carbocycles. The Bertz CT molecular complexity index is 867. The third kappa shape index (κ3) is 4.39. The Morgan fingerprint density at radius 2 is 1.77 bits per heavy atom. The molecule has 3 aromatic rings. The van der Waals surface area contributed by atoms with E-state index in [4.69, 9.17) is 4.42 Å². The van der Waals surface area contributed by atoms with Gasteiger partial charge in [-0.2, -0.15) is 0 Å². The van der Waals surface area contributed by atoms with Crippen LogP contribution in [0.2, 0.25) is 0 Å². The maximum absolute atomic E-state index is 12.6. The number of hydrogen-bond acceptors (Lipinski definition) is 3. The van der Waals surface area contributed by atoms with Gasteiger partial charge in [-0.15, -0.1) is 0 Å². The van der Waals surface area contributed by atoms with E-state index in [0.29, 0.717) is 17.3 Å². The molecule has 1 aromatic heterocycles. The molecule has 134 valence electrons. The first kappa shape index (κ1) is 17.9. The molecule has 4 nitrogen and oxygen atoms in total. The van der Waals surface area contributed by atoms with E-state index in [2.05, 4.69) is 22.4 Å². The van der Waals surface area contributed by atoms with Crippen LogP contribution in [0.25, 0.3) is 11.5 Å². The smallest absolute Gasteiger partial charge is 0.273 e. The van der Waals surface area contributed by atoms with Gasteiger partial charge in [0.05, 0.1) is 0 Å². The van der Waals surface area contributed by atoms with E-state index >= 15 is 0 Å². The molecule has 1 atom stereocenters. The molecule has 0 aliphatic heterocycles. The lowest BCUT2D eigenvalue weighted by molar-refractivity contribution is 0.0932. The Morgan fingerprint density at radius 3 is 2.46 bits per heavy atom. The van der Waals surface area contributed by atoms with Crippen LogP contribution >= 0.6 is 0 Å². The standard InChI is InChI=1S/C22H24N2O2/c1-15-9-13-19(14-10-15)22-24-20(17(3)26-22)21(25)23-16(2)11-12-18-7-5-4-6-8-18/h4-10,13-14,16H,11-12H2,1-3H3,(H,23,25). The van der Waals surface area contributed by atoms with Gasteiger partial charge >= 0.3 is 0 Å². The first-order chi connectivity index (χ1) is 12.5. The van der Waals surface area contributed by atoms with Crippen molar-refractivity contribution in [3.63, 3.8) is 0 Å². The molecule has 0 bridgehead atoms. The fourth-order valence-corrected chi connectivity index (χ4v) is 2.82. The summed E-state index contributed by atoms with van der Waals surface area (Å²) in [6.45, 7) is 5.81. The molecule has 1 amide bonds. The molecule has 4 heteroatoms. The monoisotopic (exact) mass is 348 g/mol. The zero-order valence-corrected chi connectivity index (χ0v) is 15.5. The number of aromatic nitrogens is 1. The third-order valence-electron chi connectivity index (χ3n) is 4.40. The Labute approximate surface area is 154 Å². The van der Waals surface area contributed by atoms with Crippen LogP contribution in [-0.4, -0.2) is 16.9 Å². The van der Waals surface area contributed by atoms with E-state index in [-0.39, 0.29) is 11.9 Å². The molecule has 2 aromatic carbocycles. The number of oxazole rings is 1. The van der Waals surface area contributed by atoms with Crippen LogP contribution in [0.4, 0.5) is 0 Å². The first-order valence-corrected chi connectivity index (χ1v) is 8.92. The SMILES string of the molecule is Cc1ccc(-c2nc(C(=O)NC(C)CCc3ccccc3)c(C)o2)cc1. The highest BCUT2D eigenvalue weighted by Gasteiger charge is 2.19. The molecule has 0 saturated carbocycles. The van der Waals surface area contributed by atoms with Crippen molar-refractivity contribution in [1.29, 1.82) is 0 Å². The second-order valence-electron chi connectivity index (χ2n) is 6.69. The Hall–Kier alpha value is -2.88. The van der Waals surface area contributed by atoms with Gasteiger partial charge in [-0.05, 0) is 51.3 Å². The molecule has 0 radical (unpaired) electrons. The second-order valence-corrected chi connectivity index (χ2v) is 6.69. The molecular weight excluding hydrogens is 324 g/mol. The zero-order valence-electron chi connectivity index (χ0n) is 15.5. The summed E-state index contributed by atoms with van der Waals surface area (Å²) in [5.41, 5.74) is 3.66. The Balaban J connectivity index is 1.63. The van der Waals surface area contributed by atoms with Gasteiger partial charge in [-0.3, -0.25) is 4.79 Å². The third-order valence-corrected chi connectivity index (χ3v) is 4.40. The van der Waals surface area contributed by atoms with Crippen LogP contribution in [-0.2, 0) is 6.42 Å². The summed E-state index contributed by atoms with van der Waals surface area (Å²) < 4.78 is 5.70. The van der Waals surface area contributed by atoms with Crippen molar-refractivity contribution < 1.29 is 9.21 Å². The minimum absolute atomic E-state index is 0.0571. The summed E-state index contributed by atoms with van der Waals surface area (Å²) in [6.07, 6.45) is 1.80. The van der Waals surface area contributed by atoms with E-state index in [9.17, 15) is 4.79 Å². The summed E-state index contributed by atoms with van der Waals surface area (Å²) in [5, 5.41) is 3.02. The molecule has 0 fully saturated rings. The number of nitrogens with one attached hydrogen (secondary N) is 1. The average molecular weight is 348 g/mol. The van der Waals surface area contributed by atoms with Crippen molar-refractivity contribution in [2.75, 3.05) is 0 Å².